The summed E-state index contributed by atoms with van der Waals surface area (Å²) in [4.78, 5) is 11.9. The number of aliphatic hydroxyl groups excluding tert-OH is 10. The van der Waals surface area contributed by atoms with Crippen molar-refractivity contribution in [3.8, 4) is 0 Å². The van der Waals surface area contributed by atoms with E-state index in [0.29, 0.717) is 0 Å². The quantitative estimate of drug-likeness (QED) is 0.135. The summed E-state index contributed by atoms with van der Waals surface area (Å²) in [5, 5.41) is 103. The predicted octanol–water partition coefficient (Wildman–Crippen LogP) is -7.43. The maximum absolute atomic E-state index is 11.9. The maximum atomic E-state index is 11.9. The van der Waals surface area contributed by atoms with E-state index in [1.807, 2.05) is 0 Å². The van der Waals surface area contributed by atoms with Gasteiger partial charge in [0.15, 0.2) is 18.9 Å². The molecule has 11 N–H and O–H groups in total. The van der Waals surface area contributed by atoms with Gasteiger partial charge in [0.05, 0.1) is 19.8 Å². The third kappa shape index (κ3) is 6.38. The first kappa shape index (κ1) is 30.4. The minimum Gasteiger partial charge on any atom is -0.394 e. The minimum atomic E-state index is -1.84. The molecule has 17 nitrogen and oxygen atoms in total. The molecule has 0 radical (unpaired) electrons. The van der Waals surface area contributed by atoms with E-state index in [1.54, 1.807) is 0 Å². The van der Waals surface area contributed by atoms with E-state index in [9.17, 15) is 55.9 Å². The van der Waals surface area contributed by atoms with E-state index in [4.69, 9.17) is 23.7 Å². The summed E-state index contributed by atoms with van der Waals surface area (Å²) < 4.78 is 27.2. The van der Waals surface area contributed by atoms with Gasteiger partial charge < -0.3 is 80.1 Å². The highest BCUT2D eigenvalue weighted by molar-refractivity contribution is 5.73. The maximum Gasteiger partial charge on any atom is 0.217 e. The number of hydrogen-bond acceptors (Lipinski definition) is 16. The Morgan fingerprint density at radius 3 is 1.73 bits per heavy atom. The van der Waals surface area contributed by atoms with Gasteiger partial charge in [-0.05, 0) is 0 Å². The second-order valence-electron chi connectivity index (χ2n) is 9.07. The topological polar surface area (TPSA) is 278 Å². The molecule has 0 bridgehead atoms. The van der Waals surface area contributed by atoms with E-state index in [0.717, 1.165) is 6.92 Å². The van der Waals surface area contributed by atoms with Crippen LogP contribution >= 0.6 is 0 Å². The molecule has 3 saturated heterocycles. The van der Waals surface area contributed by atoms with Gasteiger partial charge >= 0.3 is 0 Å². The number of hydrogen-bond donors (Lipinski definition) is 11. The van der Waals surface area contributed by atoms with E-state index in [-0.39, 0.29) is 0 Å². The molecule has 17 heteroatoms. The van der Waals surface area contributed by atoms with E-state index in [2.05, 4.69) is 5.32 Å². The summed E-state index contributed by atoms with van der Waals surface area (Å²) in [6, 6.07) is -1.47. The third-order valence-corrected chi connectivity index (χ3v) is 6.49. The Morgan fingerprint density at radius 2 is 1.16 bits per heavy atom. The number of carbonyl (C=O) groups excluding carboxylic acids is 1. The van der Waals surface area contributed by atoms with Crippen molar-refractivity contribution >= 4 is 5.91 Å². The van der Waals surface area contributed by atoms with Gasteiger partial charge in [0.1, 0.15) is 73.2 Å². The zero-order valence-electron chi connectivity index (χ0n) is 19.7. The van der Waals surface area contributed by atoms with E-state index >= 15 is 0 Å². The number of rotatable bonds is 8. The van der Waals surface area contributed by atoms with Gasteiger partial charge in [0.25, 0.3) is 0 Å². The summed E-state index contributed by atoms with van der Waals surface area (Å²) in [6.07, 6.45) is -23.1. The molecule has 3 fully saturated rings. The van der Waals surface area contributed by atoms with Crippen molar-refractivity contribution < 1.29 is 79.5 Å². The van der Waals surface area contributed by atoms with Crippen LogP contribution in [0.1, 0.15) is 6.92 Å². The Labute approximate surface area is 210 Å². The van der Waals surface area contributed by atoms with Crippen LogP contribution in [0, 0.1) is 0 Å². The van der Waals surface area contributed by atoms with Crippen LogP contribution < -0.4 is 5.32 Å². The van der Waals surface area contributed by atoms with Crippen LogP contribution in [0.25, 0.3) is 0 Å². The molecule has 3 rings (SSSR count). The SMILES string of the molecule is CC(=O)N[C@H]1[C@H](O[C@@H]2[C@H](O)[C@@H](O)C(O)O[C@@H]2CO)O[C@H](CO)[C@H](O[C@H]2O[C@H](CO)[C@H](O)[C@H](O)[C@H]2O)[C@@H]1O. The predicted molar refractivity (Wildman–Crippen MR) is 113 cm³/mol. The molecule has 15 atom stereocenters. The monoisotopic (exact) mass is 545 g/mol. The molecule has 216 valence electrons. The highest BCUT2D eigenvalue weighted by Gasteiger charge is 2.53. The Kier molecular flexibility index (Phi) is 10.5. The molecule has 3 aliphatic rings. The van der Waals surface area contributed by atoms with E-state index in [1.165, 1.54) is 0 Å². The lowest BCUT2D eigenvalue weighted by Crippen LogP contribution is -2.69. The van der Waals surface area contributed by atoms with Crippen LogP contribution in [0.3, 0.4) is 0 Å². The first-order valence-electron chi connectivity index (χ1n) is 11.6. The zero-order chi connectivity index (χ0) is 27.6. The molecule has 3 heterocycles. The summed E-state index contributed by atoms with van der Waals surface area (Å²) in [6.45, 7) is -1.23. The summed E-state index contributed by atoms with van der Waals surface area (Å²) in [7, 11) is 0. The van der Waals surface area contributed by atoms with Crippen LogP contribution in [0.4, 0.5) is 0 Å². The Bertz CT molecular complexity index is 743. The first-order valence-corrected chi connectivity index (χ1v) is 11.6. The Balaban J connectivity index is 1.83. The lowest BCUT2D eigenvalue weighted by molar-refractivity contribution is -0.365. The van der Waals surface area contributed by atoms with Crippen LogP contribution in [0.15, 0.2) is 0 Å². The van der Waals surface area contributed by atoms with Crippen molar-refractivity contribution in [1.29, 1.82) is 0 Å². The van der Waals surface area contributed by atoms with Gasteiger partial charge in [-0.15, -0.1) is 0 Å². The lowest BCUT2D eigenvalue weighted by Gasteiger charge is -2.49. The number of amides is 1. The van der Waals surface area contributed by atoms with Gasteiger partial charge in [0, 0.05) is 6.92 Å². The smallest absolute Gasteiger partial charge is 0.217 e. The molecular formula is C20H35NO16. The number of carbonyl (C=O) groups is 1. The third-order valence-electron chi connectivity index (χ3n) is 6.49. The first-order chi connectivity index (χ1) is 17.4. The average molecular weight is 545 g/mol. The van der Waals surface area contributed by atoms with Crippen molar-refractivity contribution in [2.75, 3.05) is 19.8 Å². The second-order valence-corrected chi connectivity index (χ2v) is 9.07. The fourth-order valence-electron chi connectivity index (χ4n) is 4.46. The number of ether oxygens (including phenoxy) is 5. The van der Waals surface area contributed by atoms with Crippen molar-refractivity contribution in [3.63, 3.8) is 0 Å². The molecule has 3 aliphatic heterocycles. The lowest BCUT2D eigenvalue weighted by atomic mass is 9.94. The second kappa shape index (κ2) is 12.8. The molecule has 0 spiro atoms. The van der Waals surface area contributed by atoms with Crippen molar-refractivity contribution in [1.82, 2.24) is 5.32 Å². The average Bonchev–Trinajstić information content (AvgIpc) is 2.87. The highest BCUT2D eigenvalue weighted by atomic mass is 16.7. The van der Waals surface area contributed by atoms with Gasteiger partial charge in [-0.25, -0.2) is 0 Å². The Morgan fingerprint density at radius 1 is 0.649 bits per heavy atom. The summed E-state index contributed by atoms with van der Waals surface area (Å²) >= 11 is 0. The van der Waals surface area contributed by atoms with Crippen molar-refractivity contribution in [2.45, 2.75) is 99.0 Å². The number of aliphatic hydroxyl groups is 10. The van der Waals surface area contributed by atoms with E-state index < -0.39 is 118 Å². The van der Waals surface area contributed by atoms with Crippen LogP contribution in [-0.2, 0) is 28.5 Å². The van der Waals surface area contributed by atoms with Gasteiger partial charge in [0.2, 0.25) is 5.91 Å². The largest absolute Gasteiger partial charge is 0.394 e. The van der Waals surface area contributed by atoms with Crippen LogP contribution in [0.5, 0.6) is 0 Å². The van der Waals surface area contributed by atoms with Crippen molar-refractivity contribution in [2.24, 2.45) is 0 Å². The highest BCUT2D eigenvalue weighted by Crippen LogP contribution is 2.32. The fourth-order valence-corrected chi connectivity index (χ4v) is 4.46. The standard InChI is InChI=1S/C20H35NO16/c1-5(25)21-9-11(27)16(37-20-15(31)12(28)10(26)6(2-22)34-20)8(4-24)35-19(9)36-17-7(3-23)33-18(32)14(30)13(17)29/h6-20,22-24,26-32H,2-4H2,1H3,(H,21,25)/t6-,7-,8-,9-,10+,11-,12+,13-,14-,15-,16+,17+,18?,19+,20-/m1/s1. The molecular weight excluding hydrogens is 510 g/mol. The summed E-state index contributed by atoms with van der Waals surface area (Å²) in [5.74, 6) is -0.676. The van der Waals surface area contributed by atoms with Crippen LogP contribution in [-0.4, -0.2) is 169 Å². The fraction of sp³-hybridized carbons (Fsp3) is 0.950. The van der Waals surface area contributed by atoms with Crippen molar-refractivity contribution in [3.05, 3.63) is 0 Å². The Hall–Kier alpha value is -1.13. The molecule has 0 saturated carbocycles. The summed E-state index contributed by atoms with van der Waals surface area (Å²) in [5.41, 5.74) is 0. The zero-order valence-corrected chi connectivity index (χ0v) is 19.7. The van der Waals surface area contributed by atoms with Gasteiger partial charge in [-0.1, -0.05) is 0 Å². The molecule has 37 heavy (non-hydrogen) atoms. The van der Waals surface area contributed by atoms with Crippen LogP contribution in [0.2, 0.25) is 0 Å². The van der Waals surface area contributed by atoms with Gasteiger partial charge in [-0.3, -0.25) is 4.79 Å². The molecule has 0 aromatic heterocycles. The minimum absolute atomic E-state index is 0.676. The molecule has 0 aliphatic carbocycles. The molecule has 0 aromatic rings. The molecule has 1 amide bonds. The van der Waals surface area contributed by atoms with Gasteiger partial charge in [-0.2, -0.15) is 0 Å². The normalized spacial score (nSPS) is 49.0. The number of nitrogens with one attached hydrogen (secondary N) is 1. The molecule has 1 unspecified atom stereocenters. The molecule has 0 aromatic carbocycles.